The highest BCUT2D eigenvalue weighted by atomic mass is 19.1. The molecule has 0 aliphatic carbocycles. The zero-order valence-electron chi connectivity index (χ0n) is 10.3. The molecule has 1 heterocycles. The van der Waals surface area contributed by atoms with Crippen LogP contribution in [0.15, 0.2) is 18.2 Å². The SMILES string of the molecule is CC1CN(Cc2cc(N)cc(F)c2)CC(C)O1. The molecule has 94 valence electrons. The van der Waals surface area contributed by atoms with Gasteiger partial charge < -0.3 is 10.5 Å². The van der Waals surface area contributed by atoms with Crippen molar-refractivity contribution in [1.82, 2.24) is 4.90 Å². The van der Waals surface area contributed by atoms with Crippen LogP contribution in [0, 0.1) is 5.82 Å². The molecule has 1 aliphatic rings. The van der Waals surface area contributed by atoms with Crippen LogP contribution in [0.25, 0.3) is 0 Å². The topological polar surface area (TPSA) is 38.5 Å². The molecule has 2 atom stereocenters. The van der Waals surface area contributed by atoms with Crippen molar-refractivity contribution < 1.29 is 9.13 Å². The maximum Gasteiger partial charge on any atom is 0.125 e. The van der Waals surface area contributed by atoms with E-state index in [0.717, 1.165) is 25.2 Å². The monoisotopic (exact) mass is 238 g/mol. The lowest BCUT2D eigenvalue weighted by molar-refractivity contribution is -0.0704. The molecule has 2 N–H and O–H groups in total. The van der Waals surface area contributed by atoms with Crippen LogP contribution < -0.4 is 5.73 Å². The van der Waals surface area contributed by atoms with Crippen molar-refractivity contribution in [3.8, 4) is 0 Å². The van der Waals surface area contributed by atoms with Crippen LogP contribution in [0.4, 0.5) is 10.1 Å². The molecule has 0 amide bonds. The molecule has 0 radical (unpaired) electrons. The molecule has 0 spiro atoms. The van der Waals surface area contributed by atoms with E-state index in [9.17, 15) is 4.39 Å². The summed E-state index contributed by atoms with van der Waals surface area (Å²) in [6.45, 7) is 6.59. The minimum atomic E-state index is -0.269. The first-order valence-corrected chi connectivity index (χ1v) is 5.95. The summed E-state index contributed by atoms with van der Waals surface area (Å²) >= 11 is 0. The number of rotatable bonds is 2. The number of nitrogen functional groups attached to an aromatic ring is 1. The molecule has 1 aliphatic heterocycles. The summed E-state index contributed by atoms with van der Waals surface area (Å²) in [5.74, 6) is -0.269. The van der Waals surface area contributed by atoms with Crippen LogP contribution >= 0.6 is 0 Å². The molecule has 4 heteroatoms. The minimum absolute atomic E-state index is 0.227. The van der Waals surface area contributed by atoms with Crippen LogP contribution in [-0.4, -0.2) is 30.2 Å². The van der Waals surface area contributed by atoms with E-state index in [-0.39, 0.29) is 18.0 Å². The Balaban J connectivity index is 2.04. The van der Waals surface area contributed by atoms with E-state index in [0.29, 0.717) is 5.69 Å². The van der Waals surface area contributed by atoms with Crippen molar-refractivity contribution in [3.63, 3.8) is 0 Å². The third-order valence-corrected chi connectivity index (χ3v) is 2.88. The highest BCUT2D eigenvalue weighted by Crippen LogP contribution is 2.17. The fourth-order valence-corrected chi connectivity index (χ4v) is 2.44. The van der Waals surface area contributed by atoms with Crippen molar-refractivity contribution in [1.29, 1.82) is 0 Å². The van der Waals surface area contributed by atoms with Crippen LogP contribution in [0.3, 0.4) is 0 Å². The zero-order chi connectivity index (χ0) is 12.4. The number of morpholine rings is 1. The standard InChI is InChI=1S/C13H19FN2O/c1-9-6-16(7-10(2)17-9)8-11-3-12(14)5-13(15)4-11/h3-5,9-10H,6-8,15H2,1-2H3. The number of halogens is 1. The van der Waals surface area contributed by atoms with Gasteiger partial charge in [0.2, 0.25) is 0 Å². The predicted molar refractivity (Wildman–Crippen MR) is 66.1 cm³/mol. The molecule has 2 unspecified atom stereocenters. The Bertz CT molecular complexity index is 367. The van der Waals surface area contributed by atoms with Crippen LogP contribution in [-0.2, 0) is 11.3 Å². The second-order valence-corrected chi connectivity index (χ2v) is 4.84. The molecule has 3 nitrogen and oxygen atoms in total. The highest BCUT2D eigenvalue weighted by Gasteiger charge is 2.22. The van der Waals surface area contributed by atoms with Gasteiger partial charge in [-0.2, -0.15) is 0 Å². The van der Waals surface area contributed by atoms with Crippen molar-refractivity contribution in [2.75, 3.05) is 18.8 Å². The van der Waals surface area contributed by atoms with Gasteiger partial charge in [0, 0.05) is 25.3 Å². The number of hydrogen-bond acceptors (Lipinski definition) is 3. The molecule has 0 bridgehead atoms. The Morgan fingerprint density at radius 1 is 1.29 bits per heavy atom. The second kappa shape index (κ2) is 5.02. The van der Waals surface area contributed by atoms with E-state index in [1.165, 1.54) is 6.07 Å². The maximum absolute atomic E-state index is 13.2. The van der Waals surface area contributed by atoms with Gasteiger partial charge in [0.25, 0.3) is 0 Å². The highest BCUT2D eigenvalue weighted by molar-refractivity contribution is 5.41. The summed E-state index contributed by atoms with van der Waals surface area (Å²) in [4.78, 5) is 2.27. The van der Waals surface area contributed by atoms with Gasteiger partial charge in [0.05, 0.1) is 12.2 Å². The number of benzene rings is 1. The molecule has 17 heavy (non-hydrogen) atoms. The number of nitrogens with two attached hydrogens (primary N) is 1. The fourth-order valence-electron chi connectivity index (χ4n) is 2.44. The maximum atomic E-state index is 13.2. The fraction of sp³-hybridized carbons (Fsp3) is 0.538. The molecule has 2 rings (SSSR count). The van der Waals surface area contributed by atoms with Gasteiger partial charge in [-0.05, 0) is 37.6 Å². The lowest BCUT2D eigenvalue weighted by atomic mass is 10.1. The molecule has 1 fully saturated rings. The number of anilines is 1. The third-order valence-electron chi connectivity index (χ3n) is 2.88. The smallest absolute Gasteiger partial charge is 0.125 e. The average molecular weight is 238 g/mol. The van der Waals surface area contributed by atoms with E-state index < -0.39 is 0 Å². The number of ether oxygens (including phenoxy) is 1. The van der Waals surface area contributed by atoms with Crippen molar-refractivity contribution in [2.24, 2.45) is 0 Å². The second-order valence-electron chi connectivity index (χ2n) is 4.84. The molecular weight excluding hydrogens is 219 g/mol. The lowest BCUT2D eigenvalue weighted by Gasteiger charge is -2.35. The summed E-state index contributed by atoms with van der Waals surface area (Å²) in [6, 6.07) is 4.71. The van der Waals surface area contributed by atoms with Crippen molar-refractivity contribution in [3.05, 3.63) is 29.6 Å². The molecule has 0 aromatic heterocycles. The minimum Gasteiger partial charge on any atom is -0.399 e. The first-order valence-electron chi connectivity index (χ1n) is 5.95. The quantitative estimate of drug-likeness (QED) is 0.801. The summed E-state index contributed by atoms with van der Waals surface area (Å²) in [5.41, 5.74) is 7.04. The predicted octanol–water partition coefficient (Wildman–Crippen LogP) is 2.02. The van der Waals surface area contributed by atoms with E-state index in [1.807, 2.05) is 6.07 Å². The molecule has 1 aromatic rings. The summed E-state index contributed by atoms with van der Waals surface area (Å²) in [7, 11) is 0. The van der Waals surface area contributed by atoms with Gasteiger partial charge in [-0.15, -0.1) is 0 Å². The zero-order valence-corrected chi connectivity index (χ0v) is 10.3. The van der Waals surface area contributed by atoms with E-state index >= 15 is 0 Å². The largest absolute Gasteiger partial charge is 0.399 e. The van der Waals surface area contributed by atoms with Crippen molar-refractivity contribution >= 4 is 5.69 Å². The lowest BCUT2D eigenvalue weighted by Crippen LogP contribution is -2.44. The van der Waals surface area contributed by atoms with Gasteiger partial charge in [0.15, 0.2) is 0 Å². The Morgan fingerprint density at radius 3 is 2.53 bits per heavy atom. The summed E-state index contributed by atoms with van der Waals surface area (Å²) in [5, 5.41) is 0. The van der Waals surface area contributed by atoms with Gasteiger partial charge >= 0.3 is 0 Å². The third kappa shape index (κ3) is 3.41. The summed E-state index contributed by atoms with van der Waals surface area (Å²) < 4.78 is 18.9. The van der Waals surface area contributed by atoms with E-state index in [1.54, 1.807) is 6.07 Å². The first kappa shape index (κ1) is 12.3. The molecule has 0 saturated carbocycles. The Morgan fingerprint density at radius 2 is 1.94 bits per heavy atom. The molecular formula is C13H19FN2O. The normalized spacial score (nSPS) is 26.1. The number of nitrogens with zero attached hydrogens (tertiary/aromatic N) is 1. The average Bonchev–Trinajstić information content (AvgIpc) is 2.13. The molecule has 1 aromatic carbocycles. The Kier molecular flexibility index (Phi) is 3.64. The van der Waals surface area contributed by atoms with Crippen LogP contribution in [0.5, 0.6) is 0 Å². The first-order chi connectivity index (χ1) is 8.02. The van der Waals surface area contributed by atoms with Gasteiger partial charge in [-0.3, -0.25) is 4.90 Å². The van der Waals surface area contributed by atoms with Crippen LogP contribution in [0.1, 0.15) is 19.4 Å². The van der Waals surface area contributed by atoms with E-state index in [4.69, 9.17) is 10.5 Å². The van der Waals surface area contributed by atoms with E-state index in [2.05, 4.69) is 18.7 Å². The van der Waals surface area contributed by atoms with Crippen LogP contribution in [0.2, 0.25) is 0 Å². The summed E-state index contributed by atoms with van der Waals surface area (Å²) in [6.07, 6.45) is 0.453. The number of hydrogen-bond donors (Lipinski definition) is 1. The Hall–Kier alpha value is -1.13. The Labute approximate surface area is 101 Å². The van der Waals surface area contributed by atoms with Gasteiger partial charge in [-0.1, -0.05) is 0 Å². The van der Waals surface area contributed by atoms with Gasteiger partial charge in [0.1, 0.15) is 5.82 Å². The molecule has 1 saturated heterocycles. The van der Waals surface area contributed by atoms with Crippen molar-refractivity contribution in [2.45, 2.75) is 32.6 Å². The van der Waals surface area contributed by atoms with Gasteiger partial charge in [-0.25, -0.2) is 4.39 Å².